The molecular weight excluding hydrogens is 342 g/mol. The number of hydrogen-bond acceptors (Lipinski definition) is 4. The summed E-state index contributed by atoms with van der Waals surface area (Å²) in [6.07, 6.45) is 1.13. The first-order valence-electron chi connectivity index (χ1n) is 8.44. The molecule has 2 amide bonds. The molecule has 0 aliphatic carbocycles. The van der Waals surface area contributed by atoms with Gasteiger partial charge in [-0.1, -0.05) is 26.0 Å². The molecule has 1 aromatic rings. The molecule has 0 radical (unpaired) electrons. The predicted octanol–water partition coefficient (Wildman–Crippen LogP) is 1.81. The second-order valence-corrected chi connectivity index (χ2v) is 7.25. The van der Waals surface area contributed by atoms with Crippen molar-refractivity contribution in [3.63, 3.8) is 0 Å². The standard InChI is InChI=1S/C18H25N3O3.ClH/c1-18(2)12-20(9-7-15(18)19)16(22)8-10-21-13-5-3-4-6-14(13)24-11-17(21)23;/h3-6,15H,7-12,19H2,1-2H3;1H. The molecule has 3 rings (SSSR count). The van der Waals surface area contributed by atoms with Gasteiger partial charge < -0.3 is 20.3 Å². The Hall–Kier alpha value is -1.79. The van der Waals surface area contributed by atoms with Crippen LogP contribution in [0.3, 0.4) is 0 Å². The third-order valence-electron chi connectivity index (χ3n) is 5.02. The Kier molecular flexibility index (Phi) is 5.95. The first-order valence-corrected chi connectivity index (χ1v) is 8.44. The summed E-state index contributed by atoms with van der Waals surface area (Å²) in [7, 11) is 0. The van der Waals surface area contributed by atoms with Crippen LogP contribution >= 0.6 is 12.4 Å². The van der Waals surface area contributed by atoms with Crippen LogP contribution in [0.25, 0.3) is 0 Å². The smallest absolute Gasteiger partial charge is 0.265 e. The molecular formula is C18H26ClN3O3. The number of benzene rings is 1. The molecule has 0 saturated carbocycles. The van der Waals surface area contributed by atoms with E-state index in [1.54, 1.807) is 4.90 Å². The van der Waals surface area contributed by atoms with Crippen LogP contribution in [0.5, 0.6) is 5.75 Å². The van der Waals surface area contributed by atoms with Gasteiger partial charge in [-0.15, -0.1) is 12.4 Å². The molecule has 0 bridgehead atoms. The number of fused-ring (bicyclic) bond motifs is 1. The number of hydrogen-bond donors (Lipinski definition) is 1. The molecule has 0 aromatic heterocycles. The number of rotatable bonds is 3. The van der Waals surface area contributed by atoms with Gasteiger partial charge in [0.1, 0.15) is 5.75 Å². The van der Waals surface area contributed by atoms with Crippen molar-refractivity contribution < 1.29 is 14.3 Å². The topological polar surface area (TPSA) is 75.9 Å². The average molecular weight is 368 g/mol. The van der Waals surface area contributed by atoms with Crippen molar-refractivity contribution in [1.29, 1.82) is 0 Å². The lowest BCUT2D eigenvalue weighted by Crippen LogP contribution is -2.54. The molecule has 2 heterocycles. The number of amides is 2. The summed E-state index contributed by atoms with van der Waals surface area (Å²) in [4.78, 5) is 28.2. The highest BCUT2D eigenvalue weighted by Crippen LogP contribution is 2.32. The lowest BCUT2D eigenvalue weighted by atomic mass is 9.79. The molecule has 138 valence electrons. The molecule has 1 unspecified atom stereocenters. The van der Waals surface area contributed by atoms with E-state index < -0.39 is 0 Å². The summed E-state index contributed by atoms with van der Waals surface area (Å²) < 4.78 is 5.43. The van der Waals surface area contributed by atoms with E-state index in [-0.39, 0.29) is 42.3 Å². The van der Waals surface area contributed by atoms with E-state index in [0.717, 1.165) is 12.1 Å². The first kappa shape index (κ1) is 19.5. The maximum absolute atomic E-state index is 12.6. The number of likely N-dealkylation sites (tertiary alicyclic amines) is 1. The molecule has 1 aromatic carbocycles. The fraction of sp³-hybridized carbons (Fsp3) is 0.556. The highest BCUT2D eigenvalue weighted by atomic mass is 35.5. The molecule has 1 atom stereocenters. The zero-order valence-electron chi connectivity index (χ0n) is 14.7. The quantitative estimate of drug-likeness (QED) is 0.884. The molecule has 1 fully saturated rings. The molecule has 6 nitrogen and oxygen atoms in total. The van der Waals surface area contributed by atoms with Crippen molar-refractivity contribution in [3.8, 4) is 5.75 Å². The largest absolute Gasteiger partial charge is 0.482 e. The van der Waals surface area contributed by atoms with Gasteiger partial charge >= 0.3 is 0 Å². The third kappa shape index (κ3) is 4.07. The summed E-state index contributed by atoms with van der Waals surface area (Å²) in [6, 6.07) is 7.54. The van der Waals surface area contributed by atoms with Crippen LogP contribution in [0, 0.1) is 5.41 Å². The monoisotopic (exact) mass is 367 g/mol. The molecule has 25 heavy (non-hydrogen) atoms. The third-order valence-corrected chi connectivity index (χ3v) is 5.02. The summed E-state index contributed by atoms with van der Waals surface area (Å²) in [5, 5.41) is 0. The molecule has 7 heteroatoms. The van der Waals surface area contributed by atoms with Crippen LogP contribution < -0.4 is 15.4 Å². The highest BCUT2D eigenvalue weighted by Gasteiger charge is 2.35. The van der Waals surface area contributed by atoms with E-state index in [4.69, 9.17) is 10.5 Å². The minimum Gasteiger partial charge on any atom is -0.482 e. The number of anilines is 1. The number of nitrogens with zero attached hydrogens (tertiary/aromatic N) is 2. The Bertz CT molecular complexity index is 650. The van der Waals surface area contributed by atoms with E-state index in [1.807, 2.05) is 29.2 Å². The van der Waals surface area contributed by atoms with Crippen molar-refractivity contribution in [1.82, 2.24) is 4.90 Å². The van der Waals surface area contributed by atoms with Crippen molar-refractivity contribution in [2.45, 2.75) is 32.7 Å². The molecule has 2 N–H and O–H groups in total. The summed E-state index contributed by atoms with van der Waals surface area (Å²) in [6.45, 7) is 5.95. The minimum absolute atomic E-state index is 0. The summed E-state index contributed by atoms with van der Waals surface area (Å²) in [5.41, 5.74) is 6.80. The fourth-order valence-corrected chi connectivity index (χ4v) is 3.35. The average Bonchev–Trinajstić information content (AvgIpc) is 2.56. The van der Waals surface area contributed by atoms with Gasteiger partial charge in [0.05, 0.1) is 5.69 Å². The van der Waals surface area contributed by atoms with Crippen molar-refractivity contribution in [3.05, 3.63) is 24.3 Å². The van der Waals surface area contributed by atoms with Crippen LogP contribution in [-0.2, 0) is 9.59 Å². The van der Waals surface area contributed by atoms with E-state index >= 15 is 0 Å². The number of para-hydroxylation sites is 2. The number of carbonyl (C=O) groups excluding carboxylic acids is 2. The van der Waals surface area contributed by atoms with E-state index in [0.29, 0.717) is 31.8 Å². The van der Waals surface area contributed by atoms with Gasteiger partial charge in [-0.3, -0.25) is 9.59 Å². The van der Waals surface area contributed by atoms with Crippen molar-refractivity contribution >= 4 is 29.9 Å². The molecule has 0 spiro atoms. The second kappa shape index (κ2) is 7.62. The Balaban J connectivity index is 0.00000225. The Labute approximate surface area is 154 Å². The SMILES string of the molecule is CC1(C)CN(C(=O)CCN2C(=O)COc3ccccc32)CCC1N.Cl. The van der Waals surface area contributed by atoms with Gasteiger partial charge in [-0.2, -0.15) is 0 Å². The van der Waals surface area contributed by atoms with Gasteiger partial charge in [-0.05, 0) is 24.0 Å². The van der Waals surface area contributed by atoms with Gasteiger partial charge in [0.2, 0.25) is 5.91 Å². The number of halogens is 1. The van der Waals surface area contributed by atoms with E-state index in [9.17, 15) is 9.59 Å². The fourth-order valence-electron chi connectivity index (χ4n) is 3.35. The first-order chi connectivity index (χ1) is 11.4. The maximum Gasteiger partial charge on any atom is 0.265 e. The Morgan fingerprint density at radius 1 is 1.36 bits per heavy atom. The summed E-state index contributed by atoms with van der Waals surface area (Å²) in [5.74, 6) is 0.656. The van der Waals surface area contributed by atoms with Crippen LogP contribution in [-0.4, -0.2) is 49.0 Å². The lowest BCUT2D eigenvalue weighted by molar-refractivity contribution is -0.134. The zero-order chi connectivity index (χ0) is 17.3. The van der Waals surface area contributed by atoms with Gasteiger partial charge in [0.15, 0.2) is 6.61 Å². The van der Waals surface area contributed by atoms with E-state index in [1.165, 1.54) is 0 Å². The molecule has 2 aliphatic heterocycles. The van der Waals surface area contributed by atoms with Crippen LogP contribution in [0.1, 0.15) is 26.7 Å². The predicted molar refractivity (Wildman–Crippen MR) is 99.1 cm³/mol. The molecule has 1 saturated heterocycles. The Morgan fingerprint density at radius 2 is 2.08 bits per heavy atom. The number of piperidine rings is 1. The highest BCUT2D eigenvalue weighted by molar-refractivity contribution is 5.98. The molecule has 2 aliphatic rings. The number of carbonyl (C=O) groups is 2. The van der Waals surface area contributed by atoms with Crippen molar-refractivity contribution in [2.75, 3.05) is 31.1 Å². The number of nitrogens with two attached hydrogens (primary N) is 1. The minimum atomic E-state index is -0.109. The number of ether oxygens (including phenoxy) is 1. The van der Waals surface area contributed by atoms with Gasteiger partial charge in [0.25, 0.3) is 5.91 Å². The second-order valence-electron chi connectivity index (χ2n) is 7.25. The van der Waals surface area contributed by atoms with Gasteiger partial charge in [0, 0.05) is 32.1 Å². The maximum atomic E-state index is 12.6. The van der Waals surface area contributed by atoms with Crippen molar-refractivity contribution in [2.24, 2.45) is 11.1 Å². The zero-order valence-corrected chi connectivity index (χ0v) is 15.6. The van der Waals surface area contributed by atoms with Crippen LogP contribution in [0.15, 0.2) is 24.3 Å². The van der Waals surface area contributed by atoms with E-state index in [2.05, 4.69) is 13.8 Å². The normalized spacial score (nSPS) is 21.9. The van der Waals surface area contributed by atoms with Gasteiger partial charge in [-0.25, -0.2) is 0 Å². The lowest BCUT2D eigenvalue weighted by Gasteiger charge is -2.42. The summed E-state index contributed by atoms with van der Waals surface area (Å²) >= 11 is 0. The van der Waals surface area contributed by atoms with Crippen LogP contribution in [0.4, 0.5) is 5.69 Å². The Morgan fingerprint density at radius 3 is 2.80 bits per heavy atom. The van der Waals surface area contributed by atoms with Crippen LogP contribution in [0.2, 0.25) is 0 Å².